The number of aryl methyl sites for hydroxylation is 1. The van der Waals surface area contributed by atoms with E-state index in [2.05, 4.69) is 10.1 Å². The Morgan fingerprint density at radius 1 is 1.07 bits per heavy atom. The maximum Gasteiger partial charge on any atom is 0.339 e. The number of ether oxygens (including phenoxy) is 1. The van der Waals surface area contributed by atoms with Crippen LogP contribution in [-0.2, 0) is 14.8 Å². The van der Waals surface area contributed by atoms with Crippen molar-refractivity contribution in [1.29, 1.82) is 0 Å². The summed E-state index contributed by atoms with van der Waals surface area (Å²) in [4.78, 5) is 24.7. The molecule has 1 aliphatic rings. The summed E-state index contributed by atoms with van der Waals surface area (Å²) >= 11 is 6.00. The fourth-order valence-electron chi connectivity index (χ4n) is 3.15. The first-order valence-electron chi connectivity index (χ1n) is 9.04. The Morgan fingerprint density at radius 2 is 1.76 bits per heavy atom. The van der Waals surface area contributed by atoms with E-state index >= 15 is 0 Å². The number of sulfonamides is 1. The molecule has 0 saturated carbocycles. The molecule has 0 radical (unpaired) electrons. The number of carbonyl (C=O) groups excluding carboxylic acids is 2. The van der Waals surface area contributed by atoms with E-state index in [0.29, 0.717) is 24.3 Å². The molecule has 0 aromatic heterocycles. The molecule has 0 unspecified atom stereocenters. The number of anilines is 1. The lowest BCUT2D eigenvalue weighted by Crippen LogP contribution is -2.28. The van der Waals surface area contributed by atoms with E-state index < -0.39 is 21.9 Å². The molecule has 1 N–H and O–H groups in total. The van der Waals surface area contributed by atoms with Gasteiger partial charge in [0.25, 0.3) is 5.91 Å². The minimum absolute atomic E-state index is 0.0847. The van der Waals surface area contributed by atoms with Crippen molar-refractivity contribution in [2.75, 3.05) is 25.5 Å². The molecule has 9 heteroatoms. The van der Waals surface area contributed by atoms with Crippen LogP contribution in [0.4, 0.5) is 5.69 Å². The second-order valence-electron chi connectivity index (χ2n) is 6.73. The van der Waals surface area contributed by atoms with Crippen molar-refractivity contribution in [3.05, 3.63) is 58.1 Å². The third-order valence-electron chi connectivity index (χ3n) is 4.79. The molecule has 1 saturated heterocycles. The molecular weight excluding hydrogens is 416 g/mol. The van der Waals surface area contributed by atoms with Crippen LogP contribution < -0.4 is 5.32 Å². The fourth-order valence-corrected chi connectivity index (χ4v) is 4.89. The Morgan fingerprint density at radius 3 is 2.41 bits per heavy atom. The highest BCUT2D eigenvalue weighted by Crippen LogP contribution is 2.25. The topological polar surface area (TPSA) is 92.8 Å². The molecular formula is C20H21ClN2O5S. The van der Waals surface area contributed by atoms with Gasteiger partial charge in [0, 0.05) is 24.3 Å². The zero-order chi connectivity index (χ0) is 21.2. The Hall–Kier alpha value is -2.42. The van der Waals surface area contributed by atoms with Crippen LogP contribution >= 0.6 is 11.6 Å². The van der Waals surface area contributed by atoms with Crippen LogP contribution in [0.1, 0.15) is 39.1 Å². The van der Waals surface area contributed by atoms with Crippen LogP contribution in [0.25, 0.3) is 0 Å². The van der Waals surface area contributed by atoms with E-state index in [1.807, 2.05) is 0 Å². The van der Waals surface area contributed by atoms with Crippen molar-refractivity contribution in [3.63, 3.8) is 0 Å². The van der Waals surface area contributed by atoms with Crippen LogP contribution in [0.3, 0.4) is 0 Å². The number of nitrogens with one attached hydrogen (secondary N) is 1. The standard InChI is InChI=1S/C20H21ClN2O5S/c1-13-5-7-15(29(26,27)23-9-3-4-10-23)12-16(13)19(24)22-14-6-8-18(21)17(11-14)20(25)28-2/h5-8,11-12H,3-4,9-10H2,1-2H3,(H,22,24). The number of methoxy groups -OCH3 is 1. The highest BCUT2D eigenvalue weighted by molar-refractivity contribution is 7.89. The lowest BCUT2D eigenvalue weighted by molar-refractivity contribution is 0.0600. The molecule has 1 aliphatic heterocycles. The Kier molecular flexibility index (Phi) is 6.26. The predicted molar refractivity (Wildman–Crippen MR) is 110 cm³/mol. The van der Waals surface area contributed by atoms with Gasteiger partial charge >= 0.3 is 5.97 Å². The van der Waals surface area contributed by atoms with Crippen LogP contribution in [-0.4, -0.2) is 44.8 Å². The summed E-state index contributed by atoms with van der Waals surface area (Å²) in [7, 11) is -2.40. The SMILES string of the molecule is COC(=O)c1cc(NC(=O)c2cc(S(=O)(=O)N3CCCC3)ccc2C)ccc1Cl. The van der Waals surface area contributed by atoms with Crippen molar-refractivity contribution in [1.82, 2.24) is 4.31 Å². The fraction of sp³-hybridized carbons (Fsp3) is 0.300. The number of nitrogens with zero attached hydrogens (tertiary/aromatic N) is 1. The highest BCUT2D eigenvalue weighted by Gasteiger charge is 2.28. The number of hydrogen-bond donors (Lipinski definition) is 1. The minimum Gasteiger partial charge on any atom is -0.465 e. The van der Waals surface area contributed by atoms with E-state index in [1.54, 1.807) is 19.1 Å². The van der Waals surface area contributed by atoms with Crippen LogP contribution in [0, 0.1) is 6.92 Å². The monoisotopic (exact) mass is 436 g/mol. The van der Waals surface area contributed by atoms with Gasteiger partial charge in [0.1, 0.15) is 0 Å². The predicted octanol–water partition coefficient (Wildman–Crippen LogP) is 3.47. The number of benzene rings is 2. The summed E-state index contributed by atoms with van der Waals surface area (Å²) in [5.41, 5.74) is 1.32. The number of halogens is 1. The molecule has 7 nitrogen and oxygen atoms in total. The van der Waals surface area contributed by atoms with Crippen LogP contribution in [0.5, 0.6) is 0 Å². The molecule has 1 amide bonds. The Balaban J connectivity index is 1.89. The van der Waals surface area contributed by atoms with Gasteiger partial charge in [0.2, 0.25) is 10.0 Å². The molecule has 2 aromatic carbocycles. The van der Waals surface area contributed by atoms with E-state index in [-0.39, 0.29) is 21.0 Å². The molecule has 2 aromatic rings. The summed E-state index contributed by atoms with van der Waals surface area (Å²) < 4.78 is 31.7. The first-order valence-corrected chi connectivity index (χ1v) is 10.9. The quantitative estimate of drug-likeness (QED) is 0.724. The third-order valence-corrected chi connectivity index (χ3v) is 7.01. The van der Waals surface area contributed by atoms with Gasteiger partial charge in [-0.2, -0.15) is 4.31 Å². The molecule has 0 atom stereocenters. The van der Waals surface area contributed by atoms with E-state index in [9.17, 15) is 18.0 Å². The summed E-state index contributed by atoms with van der Waals surface area (Å²) in [6.07, 6.45) is 1.66. The number of esters is 1. The van der Waals surface area contributed by atoms with Gasteiger partial charge in [-0.15, -0.1) is 0 Å². The lowest BCUT2D eigenvalue weighted by Gasteiger charge is -2.17. The summed E-state index contributed by atoms with van der Waals surface area (Å²) in [5.74, 6) is -1.11. The Labute approximate surface area is 174 Å². The smallest absolute Gasteiger partial charge is 0.339 e. The molecule has 154 valence electrons. The third kappa shape index (κ3) is 4.44. The van der Waals surface area contributed by atoms with Gasteiger partial charge in [-0.3, -0.25) is 4.79 Å². The summed E-state index contributed by atoms with van der Waals surface area (Å²) in [5, 5.41) is 2.88. The van der Waals surface area contributed by atoms with Gasteiger partial charge in [-0.25, -0.2) is 13.2 Å². The molecule has 0 aliphatic carbocycles. The van der Waals surface area contributed by atoms with E-state index in [1.165, 1.54) is 35.7 Å². The number of hydrogen-bond acceptors (Lipinski definition) is 5. The molecule has 3 rings (SSSR count). The van der Waals surface area contributed by atoms with Gasteiger partial charge in [0.05, 0.1) is 22.6 Å². The number of amides is 1. The number of rotatable bonds is 5. The first kappa shape index (κ1) is 21.3. The summed E-state index contributed by atoms with van der Waals surface area (Å²) in [6.45, 7) is 2.69. The van der Waals surface area contributed by atoms with Gasteiger partial charge < -0.3 is 10.1 Å². The normalized spacial score (nSPS) is 14.6. The van der Waals surface area contributed by atoms with E-state index in [0.717, 1.165) is 12.8 Å². The largest absolute Gasteiger partial charge is 0.465 e. The van der Waals surface area contributed by atoms with Crippen LogP contribution in [0.15, 0.2) is 41.3 Å². The molecule has 0 spiro atoms. The maximum atomic E-state index is 12.8. The average Bonchev–Trinajstić information content (AvgIpc) is 3.24. The van der Waals surface area contributed by atoms with Crippen LogP contribution in [0.2, 0.25) is 5.02 Å². The Bertz CT molecular complexity index is 1060. The number of carbonyl (C=O) groups is 2. The second-order valence-corrected chi connectivity index (χ2v) is 9.07. The molecule has 29 heavy (non-hydrogen) atoms. The van der Waals surface area contributed by atoms with Crippen molar-refractivity contribution < 1.29 is 22.7 Å². The van der Waals surface area contributed by atoms with Crippen molar-refractivity contribution in [3.8, 4) is 0 Å². The van der Waals surface area contributed by atoms with Crippen molar-refractivity contribution in [2.45, 2.75) is 24.7 Å². The summed E-state index contributed by atoms with van der Waals surface area (Å²) in [6, 6.07) is 8.94. The van der Waals surface area contributed by atoms with Crippen molar-refractivity contribution >= 4 is 39.2 Å². The minimum atomic E-state index is -3.64. The first-order chi connectivity index (χ1) is 13.7. The molecule has 1 fully saturated rings. The van der Waals surface area contributed by atoms with Gasteiger partial charge in [-0.1, -0.05) is 17.7 Å². The van der Waals surface area contributed by atoms with Gasteiger partial charge in [0.15, 0.2) is 0 Å². The molecule has 1 heterocycles. The lowest BCUT2D eigenvalue weighted by atomic mass is 10.1. The maximum absolute atomic E-state index is 12.8. The highest BCUT2D eigenvalue weighted by atomic mass is 35.5. The van der Waals surface area contributed by atoms with Crippen molar-refractivity contribution in [2.24, 2.45) is 0 Å². The zero-order valence-corrected chi connectivity index (χ0v) is 17.6. The second kappa shape index (κ2) is 8.52. The average molecular weight is 437 g/mol. The zero-order valence-electron chi connectivity index (χ0n) is 16.1. The molecule has 0 bridgehead atoms. The van der Waals surface area contributed by atoms with E-state index in [4.69, 9.17) is 11.6 Å². The van der Waals surface area contributed by atoms with Gasteiger partial charge in [-0.05, 0) is 55.7 Å².